The van der Waals surface area contributed by atoms with Crippen LogP contribution in [0.4, 0.5) is 0 Å². The molecule has 6 nitrogen and oxygen atoms in total. The van der Waals surface area contributed by atoms with Crippen LogP contribution in [0.1, 0.15) is 17.3 Å². The fourth-order valence-electron chi connectivity index (χ4n) is 1.84. The van der Waals surface area contributed by atoms with Gasteiger partial charge in [-0.05, 0) is 19.1 Å². The largest absolute Gasteiger partial charge is 0.449 e. The molecular formula is C15H15NO5. The number of para-hydroxylation sites is 1. The number of carbonyl (C=O) groups excluding carboxylic acids is 2. The summed E-state index contributed by atoms with van der Waals surface area (Å²) in [5.41, 5.74) is -0.633. The number of ether oxygens (including phenoxy) is 1. The fraction of sp³-hybridized carbons (Fsp3) is 0.267. The first-order valence-corrected chi connectivity index (χ1v) is 6.35. The summed E-state index contributed by atoms with van der Waals surface area (Å²) >= 11 is 0. The number of esters is 1. The molecule has 0 unspecified atom stereocenters. The molecular weight excluding hydrogens is 274 g/mol. The Morgan fingerprint density at radius 2 is 1.90 bits per heavy atom. The summed E-state index contributed by atoms with van der Waals surface area (Å²) in [5.74, 6) is -1.24. The van der Waals surface area contributed by atoms with Gasteiger partial charge < -0.3 is 14.1 Å². The van der Waals surface area contributed by atoms with Gasteiger partial charge in [0.05, 0.1) is 0 Å². The van der Waals surface area contributed by atoms with E-state index in [2.05, 4.69) is 0 Å². The summed E-state index contributed by atoms with van der Waals surface area (Å²) in [5, 5.41) is 0.607. The van der Waals surface area contributed by atoms with E-state index in [4.69, 9.17) is 9.15 Å². The molecule has 1 aromatic carbocycles. The summed E-state index contributed by atoms with van der Waals surface area (Å²) in [6, 6.07) is 8.22. The van der Waals surface area contributed by atoms with E-state index in [9.17, 15) is 14.4 Å². The quantitative estimate of drug-likeness (QED) is 0.631. The van der Waals surface area contributed by atoms with Gasteiger partial charge in [-0.1, -0.05) is 18.2 Å². The van der Waals surface area contributed by atoms with Crippen molar-refractivity contribution in [1.82, 2.24) is 4.90 Å². The molecule has 1 amide bonds. The fourth-order valence-corrected chi connectivity index (χ4v) is 1.84. The zero-order valence-electron chi connectivity index (χ0n) is 12.0. The van der Waals surface area contributed by atoms with E-state index in [-0.39, 0.29) is 11.5 Å². The van der Waals surface area contributed by atoms with Crippen LogP contribution in [-0.4, -0.2) is 37.0 Å². The minimum atomic E-state index is -0.974. The highest BCUT2D eigenvalue weighted by molar-refractivity contribution is 5.94. The Morgan fingerprint density at radius 3 is 2.57 bits per heavy atom. The van der Waals surface area contributed by atoms with Crippen molar-refractivity contribution in [1.29, 1.82) is 0 Å². The zero-order chi connectivity index (χ0) is 15.6. The minimum Gasteiger partial charge on any atom is -0.449 e. The molecule has 21 heavy (non-hydrogen) atoms. The number of benzene rings is 1. The van der Waals surface area contributed by atoms with Crippen LogP contribution in [0, 0.1) is 0 Å². The zero-order valence-corrected chi connectivity index (χ0v) is 12.0. The molecule has 0 saturated carbocycles. The van der Waals surface area contributed by atoms with Crippen molar-refractivity contribution in [3.8, 4) is 0 Å². The van der Waals surface area contributed by atoms with Gasteiger partial charge in [0.2, 0.25) is 0 Å². The van der Waals surface area contributed by atoms with Crippen molar-refractivity contribution in [3.05, 3.63) is 46.3 Å². The van der Waals surface area contributed by atoms with Crippen molar-refractivity contribution in [2.24, 2.45) is 0 Å². The average molecular weight is 289 g/mol. The molecule has 0 spiro atoms. The van der Waals surface area contributed by atoms with E-state index >= 15 is 0 Å². The molecule has 0 bridgehead atoms. The summed E-state index contributed by atoms with van der Waals surface area (Å²) in [7, 11) is 3.11. The maximum atomic E-state index is 12.0. The molecule has 0 aliphatic carbocycles. The van der Waals surface area contributed by atoms with Crippen molar-refractivity contribution < 1.29 is 18.7 Å². The van der Waals surface area contributed by atoms with Crippen LogP contribution in [-0.2, 0) is 9.53 Å². The van der Waals surface area contributed by atoms with Crippen LogP contribution in [0.3, 0.4) is 0 Å². The summed E-state index contributed by atoms with van der Waals surface area (Å²) < 4.78 is 10.1. The smallest absolute Gasteiger partial charge is 0.351 e. The van der Waals surface area contributed by atoms with Crippen molar-refractivity contribution in [3.63, 3.8) is 0 Å². The number of fused-ring (bicyclic) bond motifs is 1. The van der Waals surface area contributed by atoms with Gasteiger partial charge in [-0.25, -0.2) is 9.59 Å². The van der Waals surface area contributed by atoms with Crippen molar-refractivity contribution >= 4 is 22.8 Å². The second kappa shape index (κ2) is 5.78. The number of hydrogen-bond donors (Lipinski definition) is 0. The van der Waals surface area contributed by atoms with Crippen LogP contribution in [0.2, 0.25) is 0 Å². The Balaban J connectivity index is 2.29. The Hall–Kier alpha value is -2.63. The van der Waals surface area contributed by atoms with Gasteiger partial charge in [0.25, 0.3) is 5.91 Å². The van der Waals surface area contributed by atoms with Crippen LogP contribution >= 0.6 is 0 Å². The van der Waals surface area contributed by atoms with E-state index in [0.29, 0.717) is 11.0 Å². The van der Waals surface area contributed by atoms with E-state index in [1.165, 1.54) is 17.9 Å². The Labute approximate surface area is 120 Å². The van der Waals surface area contributed by atoms with Gasteiger partial charge in [0.15, 0.2) is 6.10 Å². The molecule has 2 aromatic rings. The molecule has 0 radical (unpaired) electrons. The molecule has 2 rings (SSSR count). The lowest BCUT2D eigenvalue weighted by atomic mass is 10.2. The topological polar surface area (TPSA) is 76.8 Å². The van der Waals surface area contributed by atoms with Gasteiger partial charge in [0.1, 0.15) is 11.1 Å². The molecule has 1 atom stereocenters. The predicted octanol–water partition coefficient (Wildman–Crippen LogP) is 1.43. The second-order valence-electron chi connectivity index (χ2n) is 4.77. The minimum absolute atomic E-state index is 0.230. The van der Waals surface area contributed by atoms with Crippen molar-refractivity contribution in [2.75, 3.05) is 14.1 Å². The molecule has 1 heterocycles. The highest BCUT2D eigenvalue weighted by Gasteiger charge is 2.22. The van der Waals surface area contributed by atoms with Crippen LogP contribution in [0.5, 0.6) is 0 Å². The Morgan fingerprint density at radius 1 is 1.24 bits per heavy atom. The van der Waals surface area contributed by atoms with Crippen LogP contribution in [0.25, 0.3) is 11.0 Å². The van der Waals surface area contributed by atoms with Crippen molar-refractivity contribution in [2.45, 2.75) is 13.0 Å². The van der Waals surface area contributed by atoms with Gasteiger partial charge in [-0.3, -0.25) is 4.79 Å². The molecule has 110 valence electrons. The lowest BCUT2D eigenvalue weighted by molar-refractivity contribution is -0.137. The monoisotopic (exact) mass is 289 g/mol. The number of amides is 1. The van der Waals surface area contributed by atoms with E-state index in [1.807, 2.05) is 0 Å². The maximum absolute atomic E-state index is 12.0. The molecule has 1 aromatic heterocycles. The number of nitrogens with zero attached hydrogens (tertiary/aromatic N) is 1. The average Bonchev–Trinajstić information content (AvgIpc) is 2.45. The summed E-state index contributed by atoms with van der Waals surface area (Å²) in [4.78, 5) is 36.8. The maximum Gasteiger partial charge on any atom is 0.351 e. The molecule has 6 heteroatoms. The number of carbonyl (C=O) groups is 2. The number of likely N-dealkylation sites (N-methyl/N-ethyl adjacent to an activating group) is 1. The Kier molecular flexibility index (Phi) is 4.07. The van der Waals surface area contributed by atoms with Gasteiger partial charge in [0, 0.05) is 19.5 Å². The number of rotatable bonds is 3. The van der Waals surface area contributed by atoms with Crippen LogP contribution < -0.4 is 5.63 Å². The van der Waals surface area contributed by atoms with E-state index < -0.39 is 17.7 Å². The second-order valence-corrected chi connectivity index (χ2v) is 4.77. The summed E-state index contributed by atoms with van der Waals surface area (Å²) in [6.45, 7) is 1.45. The first-order chi connectivity index (χ1) is 9.90. The number of hydrogen-bond acceptors (Lipinski definition) is 5. The standard InChI is InChI=1S/C15H15NO5/c1-9(13(17)16(2)3)20-14(18)11-8-10-6-4-5-7-12(10)21-15(11)19/h4-9H,1-3H3/t9-/m0/s1. The Bertz CT molecular complexity index is 747. The highest BCUT2D eigenvalue weighted by atomic mass is 16.5. The molecule has 0 aliphatic rings. The SMILES string of the molecule is C[C@H](OC(=O)c1cc2ccccc2oc1=O)C(=O)N(C)C. The van der Waals surface area contributed by atoms with E-state index in [1.54, 1.807) is 38.4 Å². The van der Waals surface area contributed by atoms with Gasteiger partial charge >= 0.3 is 11.6 Å². The molecule has 0 fully saturated rings. The lowest BCUT2D eigenvalue weighted by Crippen LogP contribution is -2.35. The molecule has 0 saturated heterocycles. The highest BCUT2D eigenvalue weighted by Crippen LogP contribution is 2.13. The van der Waals surface area contributed by atoms with Gasteiger partial charge in [-0.15, -0.1) is 0 Å². The first kappa shape index (κ1) is 14.8. The van der Waals surface area contributed by atoms with Crippen LogP contribution in [0.15, 0.2) is 39.5 Å². The van der Waals surface area contributed by atoms with Gasteiger partial charge in [-0.2, -0.15) is 0 Å². The summed E-state index contributed by atoms with van der Waals surface area (Å²) in [6.07, 6.45) is -0.974. The predicted molar refractivity (Wildman–Crippen MR) is 76.1 cm³/mol. The lowest BCUT2D eigenvalue weighted by Gasteiger charge is -2.16. The third-order valence-corrected chi connectivity index (χ3v) is 2.93. The molecule has 0 aliphatic heterocycles. The van der Waals surface area contributed by atoms with E-state index in [0.717, 1.165) is 0 Å². The normalized spacial score (nSPS) is 12.0. The molecule has 0 N–H and O–H groups in total. The third kappa shape index (κ3) is 3.10. The first-order valence-electron chi connectivity index (χ1n) is 6.35. The third-order valence-electron chi connectivity index (χ3n) is 2.93.